The molecule has 0 bridgehead atoms. The number of hydrogen-bond acceptors (Lipinski definition) is 5. The van der Waals surface area contributed by atoms with Gasteiger partial charge in [-0.1, -0.05) is 20.8 Å². The molecule has 0 saturated carbocycles. The maximum Gasteiger partial charge on any atom is 0.307 e. The van der Waals surface area contributed by atoms with Crippen molar-refractivity contribution in [3.05, 3.63) is 17.0 Å². The number of sulfonamides is 1. The van der Waals surface area contributed by atoms with Crippen molar-refractivity contribution in [2.75, 3.05) is 19.6 Å². The molecule has 140 valence electrons. The first kappa shape index (κ1) is 19.9. The molecule has 0 aliphatic carbocycles. The predicted octanol–water partition coefficient (Wildman–Crippen LogP) is 1.55. The quantitative estimate of drug-likeness (QED) is 0.769. The summed E-state index contributed by atoms with van der Waals surface area (Å²) in [5, 5.41) is 11.9. The average Bonchev–Trinajstić information content (AvgIpc) is 3.16. The standard InChI is InChI=1S/C16H24N2O5S2/c1-16(2,3)15(21)17-8-6-12-4-5-13(24-12)25(22,23)18-9-7-11(10-18)14(19)20/h4-5,11H,6-10H2,1-3H3,(H,17,21)(H,19,20). The molecule has 1 atom stereocenters. The van der Waals surface area contributed by atoms with Crippen LogP contribution in [-0.4, -0.2) is 49.3 Å². The lowest BCUT2D eigenvalue weighted by Crippen LogP contribution is -2.35. The van der Waals surface area contributed by atoms with Crippen LogP contribution in [0.15, 0.2) is 16.3 Å². The molecule has 9 heteroatoms. The summed E-state index contributed by atoms with van der Waals surface area (Å²) < 4.78 is 26.7. The van der Waals surface area contributed by atoms with Crippen molar-refractivity contribution in [1.29, 1.82) is 0 Å². The van der Waals surface area contributed by atoms with Gasteiger partial charge in [0.05, 0.1) is 5.92 Å². The van der Waals surface area contributed by atoms with E-state index in [0.29, 0.717) is 19.4 Å². The van der Waals surface area contributed by atoms with E-state index in [1.807, 2.05) is 20.8 Å². The van der Waals surface area contributed by atoms with E-state index < -0.39 is 27.3 Å². The third-order valence-electron chi connectivity index (χ3n) is 4.07. The summed E-state index contributed by atoms with van der Waals surface area (Å²) in [6.07, 6.45) is 0.894. The topological polar surface area (TPSA) is 104 Å². The summed E-state index contributed by atoms with van der Waals surface area (Å²) in [5.74, 6) is -1.64. The zero-order valence-corrected chi connectivity index (χ0v) is 16.2. The first-order valence-electron chi connectivity index (χ1n) is 8.12. The Hall–Kier alpha value is -1.45. The minimum atomic E-state index is -3.65. The molecule has 7 nitrogen and oxygen atoms in total. The molecule has 2 N–H and O–H groups in total. The third kappa shape index (κ3) is 4.80. The number of hydrogen-bond donors (Lipinski definition) is 2. The van der Waals surface area contributed by atoms with E-state index in [0.717, 1.165) is 4.88 Å². The minimum absolute atomic E-state index is 0.0204. The van der Waals surface area contributed by atoms with Gasteiger partial charge in [0.15, 0.2) is 0 Å². The van der Waals surface area contributed by atoms with Gasteiger partial charge < -0.3 is 10.4 Å². The summed E-state index contributed by atoms with van der Waals surface area (Å²) in [4.78, 5) is 23.7. The number of aliphatic carboxylic acids is 1. The Morgan fingerprint density at radius 3 is 2.60 bits per heavy atom. The largest absolute Gasteiger partial charge is 0.481 e. The highest BCUT2D eigenvalue weighted by atomic mass is 32.2. The van der Waals surface area contributed by atoms with Crippen LogP contribution in [0.4, 0.5) is 0 Å². The molecular weight excluding hydrogens is 364 g/mol. The molecule has 1 aliphatic heterocycles. The predicted molar refractivity (Wildman–Crippen MR) is 95.0 cm³/mol. The minimum Gasteiger partial charge on any atom is -0.481 e. The lowest BCUT2D eigenvalue weighted by Gasteiger charge is -2.17. The van der Waals surface area contributed by atoms with Crippen LogP contribution in [0.25, 0.3) is 0 Å². The summed E-state index contributed by atoms with van der Waals surface area (Å²) in [6.45, 7) is 6.19. The fourth-order valence-corrected chi connectivity index (χ4v) is 5.48. The number of thiophene rings is 1. The molecule has 1 aromatic rings. The van der Waals surface area contributed by atoms with Gasteiger partial charge in [-0.2, -0.15) is 4.31 Å². The lowest BCUT2D eigenvalue weighted by molar-refractivity contribution is -0.141. The van der Waals surface area contributed by atoms with Gasteiger partial charge in [-0.25, -0.2) is 8.42 Å². The van der Waals surface area contributed by atoms with E-state index in [2.05, 4.69) is 5.32 Å². The molecule has 2 rings (SSSR count). The summed E-state index contributed by atoms with van der Waals surface area (Å²) in [6, 6.07) is 3.29. The Bertz CT molecular complexity index is 749. The van der Waals surface area contributed by atoms with Crippen LogP contribution in [0.3, 0.4) is 0 Å². The molecule has 1 saturated heterocycles. The highest BCUT2D eigenvalue weighted by Crippen LogP contribution is 2.29. The highest BCUT2D eigenvalue weighted by molar-refractivity contribution is 7.91. The molecule has 2 heterocycles. The maximum atomic E-state index is 12.6. The molecule has 25 heavy (non-hydrogen) atoms. The molecule has 1 amide bonds. The lowest BCUT2D eigenvalue weighted by atomic mass is 9.96. The monoisotopic (exact) mass is 388 g/mol. The molecule has 1 fully saturated rings. The smallest absolute Gasteiger partial charge is 0.307 e. The van der Waals surface area contributed by atoms with E-state index in [-0.39, 0.29) is 23.2 Å². The third-order valence-corrected chi connectivity index (χ3v) is 7.55. The van der Waals surface area contributed by atoms with Crippen molar-refractivity contribution in [3.63, 3.8) is 0 Å². The van der Waals surface area contributed by atoms with Crippen LogP contribution in [0.5, 0.6) is 0 Å². The first-order chi connectivity index (χ1) is 11.5. The van der Waals surface area contributed by atoms with E-state index in [9.17, 15) is 18.0 Å². The van der Waals surface area contributed by atoms with Crippen molar-refractivity contribution in [2.24, 2.45) is 11.3 Å². The maximum absolute atomic E-state index is 12.6. The fourth-order valence-electron chi connectivity index (χ4n) is 2.47. The summed E-state index contributed by atoms with van der Waals surface area (Å²) >= 11 is 1.17. The average molecular weight is 389 g/mol. The number of carbonyl (C=O) groups is 2. The van der Waals surface area contributed by atoms with Gasteiger partial charge in [-0.3, -0.25) is 9.59 Å². The SMILES string of the molecule is CC(C)(C)C(=O)NCCc1ccc(S(=O)(=O)N2CCC(C(=O)O)C2)s1. The normalized spacial score (nSPS) is 19.1. The van der Waals surface area contributed by atoms with E-state index >= 15 is 0 Å². The summed E-state index contributed by atoms with van der Waals surface area (Å²) in [5.41, 5.74) is -0.458. The van der Waals surface area contributed by atoms with Gasteiger partial charge in [0.1, 0.15) is 4.21 Å². The van der Waals surface area contributed by atoms with Gasteiger partial charge >= 0.3 is 5.97 Å². The Morgan fingerprint density at radius 1 is 1.36 bits per heavy atom. The first-order valence-corrected chi connectivity index (χ1v) is 10.4. The number of rotatable bonds is 6. The van der Waals surface area contributed by atoms with Gasteiger partial charge in [-0.15, -0.1) is 11.3 Å². The van der Waals surface area contributed by atoms with E-state index in [4.69, 9.17) is 5.11 Å². The van der Waals surface area contributed by atoms with Crippen LogP contribution in [0.2, 0.25) is 0 Å². The molecule has 0 aromatic carbocycles. The van der Waals surface area contributed by atoms with E-state index in [1.165, 1.54) is 15.6 Å². The van der Waals surface area contributed by atoms with Gasteiger partial charge in [-0.05, 0) is 25.0 Å². The molecule has 0 radical (unpaired) electrons. The van der Waals surface area contributed by atoms with Crippen molar-refractivity contribution < 1.29 is 23.1 Å². The second-order valence-electron chi connectivity index (χ2n) is 7.16. The van der Waals surface area contributed by atoms with Crippen LogP contribution in [-0.2, 0) is 26.0 Å². The van der Waals surface area contributed by atoms with Gasteiger partial charge in [0.25, 0.3) is 10.0 Å². The van der Waals surface area contributed by atoms with Crippen LogP contribution < -0.4 is 5.32 Å². The van der Waals surface area contributed by atoms with Crippen molar-refractivity contribution in [3.8, 4) is 0 Å². The van der Waals surface area contributed by atoms with E-state index in [1.54, 1.807) is 12.1 Å². The Balaban J connectivity index is 1.96. The Morgan fingerprint density at radius 2 is 2.04 bits per heavy atom. The van der Waals surface area contributed by atoms with Gasteiger partial charge in [0.2, 0.25) is 5.91 Å². The van der Waals surface area contributed by atoms with Crippen LogP contribution >= 0.6 is 11.3 Å². The van der Waals surface area contributed by atoms with Crippen LogP contribution in [0.1, 0.15) is 32.1 Å². The molecule has 0 spiro atoms. The van der Waals surface area contributed by atoms with Crippen LogP contribution in [0, 0.1) is 11.3 Å². The number of carboxylic acids is 1. The molecular formula is C16H24N2O5S2. The van der Waals surface area contributed by atoms with Crippen molar-refractivity contribution in [2.45, 2.75) is 37.8 Å². The highest BCUT2D eigenvalue weighted by Gasteiger charge is 2.36. The van der Waals surface area contributed by atoms with Gasteiger partial charge in [0, 0.05) is 29.9 Å². The zero-order valence-electron chi connectivity index (χ0n) is 14.6. The number of nitrogens with zero attached hydrogens (tertiary/aromatic N) is 1. The second kappa shape index (κ2) is 7.43. The molecule has 1 unspecified atom stereocenters. The Labute approximate surface area is 152 Å². The Kier molecular flexibility index (Phi) is 5.90. The number of carboxylic acid groups (broad SMARTS) is 1. The zero-order chi connectivity index (χ0) is 18.8. The number of nitrogens with one attached hydrogen (secondary N) is 1. The summed E-state index contributed by atoms with van der Waals surface area (Å²) in [7, 11) is -3.65. The fraction of sp³-hybridized carbons (Fsp3) is 0.625. The van der Waals surface area contributed by atoms with Crippen molar-refractivity contribution in [1.82, 2.24) is 9.62 Å². The molecule has 1 aliphatic rings. The number of carbonyl (C=O) groups excluding carboxylic acids is 1. The number of amides is 1. The van der Waals surface area contributed by atoms with Crippen molar-refractivity contribution >= 4 is 33.2 Å². The molecule has 1 aromatic heterocycles. The second-order valence-corrected chi connectivity index (χ2v) is 10.5.